The zero-order valence-electron chi connectivity index (χ0n) is 9.81. The molecule has 0 atom stereocenters. The summed E-state index contributed by atoms with van der Waals surface area (Å²) in [7, 11) is 0. The number of benzene rings is 2. The first-order valence-corrected chi connectivity index (χ1v) is 5.92. The fraction of sp³-hybridized carbons (Fsp3) is 0. The summed E-state index contributed by atoms with van der Waals surface area (Å²) in [4.78, 5) is 0. The van der Waals surface area contributed by atoms with Crippen molar-refractivity contribution in [2.45, 2.75) is 0 Å². The molecule has 4 heteroatoms. The Morgan fingerprint density at radius 1 is 0.895 bits per heavy atom. The van der Waals surface area contributed by atoms with Gasteiger partial charge in [0.25, 0.3) is 0 Å². The highest BCUT2D eigenvalue weighted by atomic mass is 35.5. The van der Waals surface area contributed by atoms with Gasteiger partial charge in [-0.3, -0.25) is 0 Å². The minimum Gasteiger partial charge on any atom is -1.00 e. The lowest BCUT2D eigenvalue weighted by atomic mass is 10.1. The monoisotopic (exact) mass is 292 g/mol. The Morgan fingerprint density at radius 2 is 1.63 bits per heavy atom. The van der Waals surface area contributed by atoms with Crippen LogP contribution in [0.1, 0.15) is 0 Å². The normalized spacial score (nSPS) is 10.2. The predicted octanol–water partition coefficient (Wildman–Crippen LogP) is 1.74. The number of rotatable bonds is 1. The molecular formula is C15H10Cl2O2. The minimum absolute atomic E-state index is 0. The van der Waals surface area contributed by atoms with Crippen molar-refractivity contribution < 1.29 is 21.9 Å². The van der Waals surface area contributed by atoms with E-state index in [-0.39, 0.29) is 18.2 Å². The quantitative estimate of drug-likeness (QED) is 0.693. The highest BCUT2D eigenvalue weighted by Crippen LogP contribution is 2.29. The Balaban J connectivity index is 0.00000133. The maximum Gasteiger partial charge on any atom is 0.362 e. The van der Waals surface area contributed by atoms with Gasteiger partial charge in [0.1, 0.15) is 5.75 Å². The molecule has 96 valence electrons. The topological polar surface area (TPSA) is 31.5 Å². The van der Waals surface area contributed by atoms with Gasteiger partial charge in [0.05, 0.1) is 16.0 Å². The molecule has 0 aliphatic heterocycles. The first kappa shape index (κ1) is 13.7. The standard InChI is InChI=1S/C15H9ClO2.ClH/c16-13-2-1-3-15-12(13)8-9-14(18-15)10-4-6-11(17)7-5-10;/h1-9H;1H. The lowest BCUT2D eigenvalue weighted by molar-refractivity contribution is -0.00000494. The highest BCUT2D eigenvalue weighted by Gasteiger charge is 2.15. The van der Waals surface area contributed by atoms with Crippen molar-refractivity contribution in [1.82, 2.24) is 0 Å². The molecule has 1 aromatic heterocycles. The molecule has 3 aromatic rings. The van der Waals surface area contributed by atoms with Crippen LogP contribution in [0.4, 0.5) is 0 Å². The average molecular weight is 293 g/mol. The molecule has 0 spiro atoms. The molecule has 1 N–H and O–H groups in total. The number of hydrogen-bond donors (Lipinski definition) is 1. The SMILES string of the molecule is Oc1ccc(-c2ccc3c(Cl)cccc3[o+]2)cc1.[Cl-]. The van der Waals surface area contributed by atoms with E-state index < -0.39 is 0 Å². The van der Waals surface area contributed by atoms with E-state index in [0.717, 1.165) is 22.3 Å². The van der Waals surface area contributed by atoms with Crippen molar-refractivity contribution in [2.24, 2.45) is 0 Å². The first-order chi connectivity index (χ1) is 8.74. The number of fused-ring (bicyclic) bond motifs is 1. The molecule has 0 bridgehead atoms. The fourth-order valence-corrected chi connectivity index (χ4v) is 2.09. The van der Waals surface area contributed by atoms with E-state index in [9.17, 15) is 5.11 Å². The predicted molar refractivity (Wildman–Crippen MR) is 72.7 cm³/mol. The molecule has 0 fully saturated rings. The second-order valence-corrected chi connectivity index (χ2v) is 4.41. The van der Waals surface area contributed by atoms with Gasteiger partial charge in [-0.1, -0.05) is 17.7 Å². The van der Waals surface area contributed by atoms with Crippen molar-refractivity contribution in [2.75, 3.05) is 0 Å². The molecule has 2 aromatic carbocycles. The maximum atomic E-state index is 9.26. The van der Waals surface area contributed by atoms with Crippen molar-refractivity contribution in [3.05, 3.63) is 59.6 Å². The van der Waals surface area contributed by atoms with Gasteiger partial charge in [-0.2, -0.15) is 0 Å². The van der Waals surface area contributed by atoms with E-state index >= 15 is 0 Å². The molecular weight excluding hydrogens is 283 g/mol. The van der Waals surface area contributed by atoms with Crippen LogP contribution in [0.25, 0.3) is 22.3 Å². The molecule has 0 aliphatic rings. The third kappa shape index (κ3) is 2.65. The van der Waals surface area contributed by atoms with Crippen LogP contribution in [0, 0.1) is 0 Å². The minimum atomic E-state index is 0. The summed E-state index contributed by atoms with van der Waals surface area (Å²) in [6.45, 7) is 0. The molecule has 0 unspecified atom stereocenters. The number of phenolic OH excluding ortho intramolecular Hbond substituents is 1. The molecule has 2 nitrogen and oxygen atoms in total. The largest absolute Gasteiger partial charge is 1.00 e. The fourth-order valence-electron chi connectivity index (χ4n) is 1.86. The molecule has 0 aliphatic carbocycles. The molecule has 1 heterocycles. The van der Waals surface area contributed by atoms with Crippen LogP contribution in [-0.4, -0.2) is 5.11 Å². The highest BCUT2D eigenvalue weighted by molar-refractivity contribution is 6.35. The van der Waals surface area contributed by atoms with Gasteiger partial charge in [-0.15, -0.1) is 0 Å². The summed E-state index contributed by atoms with van der Waals surface area (Å²) in [5.74, 6) is 0.979. The van der Waals surface area contributed by atoms with E-state index in [2.05, 4.69) is 0 Å². The summed E-state index contributed by atoms with van der Waals surface area (Å²) >= 11 is 6.08. The van der Waals surface area contributed by atoms with Crippen molar-refractivity contribution >= 4 is 22.6 Å². The Morgan fingerprint density at radius 3 is 2.37 bits per heavy atom. The van der Waals surface area contributed by atoms with Crippen molar-refractivity contribution in [1.29, 1.82) is 0 Å². The van der Waals surface area contributed by atoms with Crippen LogP contribution in [-0.2, 0) is 0 Å². The van der Waals surface area contributed by atoms with Gasteiger partial charge in [-0.05, 0) is 36.4 Å². The van der Waals surface area contributed by atoms with Gasteiger partial charge < -0.3 is 17.5 Å². The lowest BCUT2D eigenvalue weighted by Crippen LogP contribution is -3.00. The maximum absolute atomic E-state index is 9.26. The van der Waals surface area contributed by atoms with E-state index in [1.54, 1.807) is 12.1 Å². The van der Waals surface area contributed by atoms with E-state index in [1.807, 2.05) is 42.5 Å². The van der Waals surface area contributed by atoms with E-state index in [4.69, 9.17) is 16.0 Å². The van der Waals surface area contributed by atoms with Crippen LogP contribution in [0.5, 0.6) is 5.75 Å². The van der Waals surface area contributed by atoms with Gasteiger partial charge in [0.15, 0.2) is 0 Å². The Hall–Kier alpha value is -1.77. The average Bonchev–Trinajstić information content (AvgIpc) is 2.39. The van der Waals surface area contributed by atoms with Crippen LogP contribution >= 0.6 is 11.6 Å². The smallest absolute Gasteiger partial charge is 0.362 e. The lowest BCUT2D eigenvalue weighted by Gasteiger charge is -1.95. The third-order valence-corrected chi connectivity index (χ3v) is 3.12. The van der Waals surface area contributed by atoms with Crippen LogP contribution in [0.15, 0.2) is 59.0 Å². The second kappa shape index (κ2) is 5.47. The number of aromatic hydroxyl groups is 1. The van der Waals surface area contributed by atoms with E-state index in [0.29, 0.717) is 5.02 Å². The zero-order valence-corrected chi connectivity index (χ0v) is 11.3. The van der Waals surface area contributed by atoms with Gasteiger partial charge in [0.2, 0.25) is 0 Å². The number of halogens is 2. The number of hydrogen-bond acceptors (Lipinski definition) is 1. The summed E-state index contributed by atoms with van der Waals surface area (Å²) < 4.78 is 5.80. The summed E-state index contributed by atoms with van der Waals surface area (Å²) in [5.41, 5.74) is 1.66. The Bertz CT molecular complexity index is 709. The Labute approximate surface area is 121 Å². The molecule has 0 amide bonds. The molecule has 0 radical (unpaired) electrons. The van der Waals surface area contributed by atoms with Gasteiger partial charge >= 0.3 is 11.3 Å². The van der Waals surface area contributed by atoms with E-state index in [1.165, 1.54) is 0 Å². The molecule has 0 saturated carbocycles. The van der Waals surface area contributed by atoms with Crippen LogP contribution in [0.3, 0.4) is 0 Å². The summed E-state index contributed by atoms with van der Waals surface area (Å²) in [6.07, 6.45) is 0. The summed E-state index contributed by atoms with van der Waals surface area (Å²) in [5, 5.41) is 10.8. The Kier molecular flexibility index (Phi) is 3.93. The van der Waals surface area contributed by atoms with Crippen molar-refractivity contribution in [3.8, 4) is 17.1 Å². The first-order valence-electron chi connectivity index (χ1n) is 5.55. The second-order valence-electron chi connectivity index (χ2n) is 4.00. The van der Waals surface area contributed by atoms with Crippen LogP contribution < -0.4 is 12.4 Å². The van der Waals surface area contributed by atoms with Crippen LogP contribution in [0.2, 0.25) is 5.02 Å². The summed E-state index contributed by atoms with van der Waals surface area (Å²) in [6, 6.07) is 16.3. The third-order valence-electron chi connectivity index (χ3n) is 2.79. The van der Waals surface area contributed by atoms with Crippen molar-refractivity contribution in [3.63, 3.8) is 0 Å². The number of phenols is 1. The van der Waals surface area contributed by atoms with Gasteiger partial charge in [-0.25, -0.2) is 4.42 Å². The van der Waals surface area contributed by atoms with Gasteiger partial charge in [0, 0.05) is 12.1 Å². The zero-order chi connectivity index (χ0) is 12.5. The molecule has 0 saturated heterocycles. The molecule has 19 heavy (non-hydrogen) atoms. The molecule has 3 rings (SSSR count).